The lowest BCUT2D eigenvalue weighted by Crippen LogP contribution is -1.88. The van der Waals surface area contributed by atoms with E-state index in [-0.39, 0.29) is 9.99 Å². The van der Waals surface area contributed by atoms with Gasteiger partial charge in [0.05, 0.1) is 5.39 Å². The summed E-state index contributed by atoms with van der Waals surface area (Å²) in [5, 5.41) is 0.435. The lowest BCUT2D eigenvalue weighted by atomic mass is 10.1. The maximum absolute atomic E-state index is 13.3. The first-order valence-electron chi connectivity index (χ1n) is 3.58. The summed E-state index contributed by atoms with van der Waals surface area (Å²) in [5.41, 5.74) is 0. The van der Waals surface area contributed by atoms with Gasteiger partial charge in [0, 0.05) is 11.6 Å². The molecule has 2 rings (SSSR count). The number of aromatic nitrogens is 1. The quantitative estimate of drug-likeness (QED) is 0.648. The van der Waals surface area contributed by atoms with Gasteiger partial charge in [0.15, 0.2) is 5.82 Å². The van der Waals surface area contributed by atoms with E-state index in [9.17, 15) is 8.78 Å². The van der Waals surface area contributed by atoms with Crippen LogP contribution in [-0.4, -0.2) is 4.98 Å². The summed E-state index contributed by atoms with van der Waals surface area (Å²) >= 11 is 2.90. The molecule has 0 radical (unpaired) electrons. The lowest BCUT2D eigenvalue weighted by Gasteiger charge is -2.00. The molecule has 2 aromatic rings. The van der Waals surface area contributed by atoms with Crippen LogP contribution in [0.25, 0.3) is 10.8 Å². The zero-order valence-corrected chi connectivity index (χ0v) is 7.98. The van der Waals surface area contributed by atoms with Gasteiger partial charge in [-0.3, -0.25) is 0 Å². The molecule has 0 N–H and O–H groups in total. The maximum atomic E-state index is 13.3. The monoisotopic (exact) mass is 243 g/mol. The molecule has 0 fully saturated rings. The number of nitrogens with zero attached hydrogens (tertiary/aromatic N) is 1. The van der Waals surface area contributed by atoms with E-state index in [0.29, 0.717) is 5.39 Å². The van der Waals surface area contributed by atoms with Crippen LogP contribution >= 0.6 is 15.9 Å². The van der Waals surface area contributed by atoms with Crippen LogP contribution in [0.1, 0.15) is 0 Å². The van der Waals surface area contributed by atoms with Gasteiger partial charge in [-0.05, 0) is 22.0 Å². The van der Waals surface area contributed by atoms with Gasteiger partial charge >= 0.3 is 0 Å². The molecule has 0 aliphatic carbocycles. The summed E-state index contributed by atoms with van der Waals surface area (Å²) in [7, 11) is 0. The fourth-order valence-electron chi connectivity index (χ4n) is 1.17. The molecule has 0 aliphatic heterocycles. The van der Waals surface area contributed by atoms with Crippen LogP contribution in [-0.2, 0) is 0 Å². The molecule has 0 saturated carbocycles. The van der Waals surface area contributed by atoms with Gasteiger partial charge < -0.3 is 0 Å². The Morgan fingerprint density at radius 1 is 1.23 bits per heavy atom. The minimum atomic E-state index is -0.657. The third-order valence-electron chi connectivity index (χ3n) is 1.76. The highest BCUT2D eigenvalue weighted by molar-refractivity contribution is 9.10. The van der Waals surface area contributed by atoms with Crippen molar-refractivity contribution in [1.82, 2.24) is 4.98 Å². The first-order valence-corrected chi connectivity index (χ1v) is 4.37. The molecule has 1 nitrogen and oxygen atoms in total. The highest BCUT2D eigenvalue weighted by Crippen LogP contribution is 2.24. The topological polar surface area (TPSA) is 12.9 Å². The summed E-state index contributed by atoms with van der Waals surface area (Å²) in [6.45, 7) is 0. The average Bonchev–Trinajstić information content (AvgIpc) is 2.12. The van der Waals surface area contributed by atoms with Crippen molar-refractivity contribution >= 4 is 26.7 Å². The highest BCUT2D eigenvalue weighted by Gasteiger charge is 2.09. The van der Waals surface area contributed by atoms with E-state index in [4.69, 9.17) is 0 Å². The second kappa shape index (κ2) is 3.03. The van der Waals surface area contributed by atoms with Crippen LogP contribution in [0.3, 0.4) is 0 Å². The van der Waals surface area contributed by atoms with E-state index < -0.39 is 11.6 Å². The van der Waals surface area contributed by atoms with Gasteiger partial charge in [-0.25, -0.2) is 13.8 Å². The van der Waals surface area contributed by atoms with Gasteiger partial charge in [0.25, 0.3) is 0 Å². The molecule has 1 heterocycles. The van der Waals surface area contributed by atoms with Crippen molar-refractivity contribution in [2.24, 2.45) is 0 Å². The Balaban J connectivity index is 2.97. The number of fused-ring (bicyclic) bond motifs is 1. The fourth-order valence-corrected chi connectivity index (χ4v) is 1.47. The molecule has 66 valence electrons. The van der Waals surface area contributed by atoms with E-state index in [0.717, 1.165) is 0 Å². The Morgan fingerprint density at radius 3 is 2.77 bits per heavy atom. The van der Waals surface area contributed by atoms with E-state index in [2.05, 4.69) is 20.9 Å². The summed E-state index contributed by atoms with van der Waals surface area (Å²) in [5.74, 6) is -1.23. The summed E-state index contributed by atoms with van der Waals surface area (Å²) in [6, 6.07) is 4.35. The number of rotatable bonds is 0. The van der Waals surface area contributed by atoms with Gasteiger partial charge in [-0.15, -0.1) is 0 Å². The first kappa shape index (κ1) is 8.56. The number of hydrogen-bond donors (Lipinski definition) is 0. The Morgan fingerprint density at radius 2 is 2.00 bits per heavy atom. The molecule has 0 bridgehead atoms. The van der Waals surface area contributed by atoms with E-state index in [1.54, 1.807) is 6.07 Å². The molecule has 1 aromatic heterocycles. The molecule has 0 unspecified atom stereocenters. The van der Waals surface area contributed by atoms with Gasteiger partial charge in [0.1, 0.15) is 10.4 Å². The first-order chi connectivity index (χ1) is 6.20. The van der Waals surface area contributed by atoms with E-state index in [1.807, 2.05) is 0 Å². The Hall–Kier alpha value is -1.03. The van der Waals surface area contributed by atoms with Crippen molar-refractivity contribution in [3.8, 4) is 0 Å². The van der Waals surface area contributed by atoms with Crippen molar-refractivity contribution in [1.29, 1.82) is 0 Å². The zero-order valence-electron chi connectivity index (χ0n) is 6.39. The Labute approximate surface area is 81.5 Å². The Kier molecular flexibility index (Phi) is 2.00. The minimum absolute atomic E-state index is 0.0237. The van der Waals surface area contributed by atoms with Gasteiger partial charge in [-0.2, -0.15) is 0 Å². The van der Waals surface area contributed by atoms with Crippen LogP contribution in [0.15, 0.2) is 29.0 Å². The molecule has 0 spiro atoms. The predicted molar refractivity (Wildman–Crippen MR) is 49.4 cm³/mol. The van der Waals surface area contributed by atoms with Crippen LogP contribution in [0, 0.1) is 11.6 Å². The Bertz CT molecular complexity index is 470. The second-order valence-electron chi connectivity index (χ2n) is 2.57. The van der Waals surface area contributed by atoms with Crippen molar-refractivity contribution in [3.05, 3.63) is 40.6 Å². The van der Waals surface area contributed by atoms with Crippen LogP contribution in [0.4, 0.5) is 8.78 Å². The molecule has 0 atom stereocenters. The maximum Gasteiger partial charge on any atom is 0.166 e. The molecule has 1 aromatic carbocycles. The smallest absolute Gasteiger partial charge is 0.166 e. The number of hydrogen-bond acceptors (Lipinski definition) is 1. The SMILES string of the molecule is Fc1cccc2cnc(Br)c(F)c12. The molecule has 13 heavy (non-hydrogen) atoms. The van der Waals surface area contributed by atoms with Crippen LogP contribution in [0.2, 0.25) is 0 Å². The molecule has 0 aliphatic rings. The van der Waals surface area contributed by atoms with Crippen molar-refractivity contribution < 1.29 is 8.78 Å². The van der Waals surface area contributed by atoms with Crippen molar-refractivity contribution in [3.63, 3.8) is 0 Å². The standard InChI is InChI=1S/C9H4BrF2N/c10-9-8(12)7-5(4-13-9)2-1-3-6(7)11/h1-4H. The molecule has 0 saturated heterocycles. The average molecular weight is 244 g/mol. The van der Waals surface area contributed by atoms with Crippen molar-refractivity contribution in [2.75, 3.05) is 0 Å². The largest absolute Gasteiger partial charge is 0.246 e. The lowest BCUT2D eigenvalue weighted by molar-refractivity contribution is 0.600. The minimum Gasteiger partial charge on any atom is -0.246 e. The summed E-state index contributed by atoms with van der Waals surface area (Å²) in [4.78, 5) is 3.72. The van der Waals surface area contributed by atoms with Crippen LogP contribution in [0.5, 0.6) is 0 Å². The summed E-state index contributed by atoms with van der Waals surface area (Å²) in [6.07, 6.45) is 1.42. The molecular weight excluding hydrogens is 240 g/mol. The van der Waals surface area contributed by atoms with Gasteiger partial charge in [0.2, 0.25) is 0 Å². The third kappa shape index (κ3) is 1.31. The van der Waals surface area contributed by atoms with Crippen molar-refractivity contribution in [2.45, 2.75) is 0 Å². The normalized spacial score (nSPS) is 10.7. The van der Waals surface area contributed by atoms with E-state index >= 15 is 0 Å². The second-order valence-corrected chi connectivity index (χ2v) is 3.32. The third-order valence-corrected chi connectivity index (χ3v) is 2.32. The number of benzene rings is 1. The number of halogens is 3. The summed E-state index contributed by atoms with van der Waals surface area (Å²) < 4.78 is 26.5. The molecule has 4 heteroatoms. The fraction of sp³-hybridized carbons (Fsp3) is 0. The molecule has 0 amide bonds. The zero-order chi connectivity index (χ0) is 9.42. The molecular formula is C9H4BrF2N. The van der Waals surface area contributed by atoms with Gasteiger partial charge in [-0.1, -0.05) is 12.1 Å². The highest BCUT2D eigenvalue weighted by atomic mass is 79.9. The van der Waals surface area contributed by atoms with Crippen LogP contribution < -0.4 is 0 Å². The number of pyridine rings is 1. The van der Waals surface area contributed by atoms with E-state index in [1.165, 1.54) is 18.3 Å². The predicted octanol–water partition coefficient (Wildman–Crippen LogP) is 3.28.